The summed E-state index contributed by atoms with van der Waals surface area (Å²) >= 11 is 0. The van der Waals surface area contributed by atoms with E-state index in [1.54, 1.807) is 0 Å². The second kappa shape index (κ2) is 6.77. The van der Waals surface area contributed by atoms with Crippen LogP contribution in [0.25, 0.3) is 0 Å². The Bertz CT molecular complexity index is 692. The number of nitrogens with zero attached hydrogens (tertiary/aromatic N) is 3. The lowest BCUT2D eigenvalue weighted by Crippen LogP contribution is -2.53. The van der Waals surface area contributed by atoms with Crippen LogP contribution in [-0.2, 0) is 16.8 Å². The molecule has 3 rings (SSSR count). The Morgan fingerprint density at radius 3 is 2.83 bits per heavy atom. The molecule has 0 spiro atoms. The third kappa shape index (κ3) is 3.08. The summed E-state index contributed by atoms with van der Waals surface area (Å²) in [7, 11) is 0. The molecule has 1 fully saturated rings. The molecule has 1 aromatic carbocycles. The van der Waals surface area contributed by atoms with E-state index < -0.39 is 5.54 Å². The number of amides is 1. The minimum atomic E-state index is -0.994. The predicted molar refractivity (Wildman–Crippen MR) is 94.4 cm³/mol. The quantitative estimate of drug-likeness (QED) is 0.939. The first-order valence-electron chi connectivity index (χ1n) is 8.69. The van der Waals surface area contributed by atoms with Crippen LogP contribution in [0.5, 0.6) is 0 Å². The molecular formula is C19H26N4O. The van der Waals surface area contributed by atoms with Gasteiger partial charge >= 0.3 is 0 Å². The van der Waals surface area contributed by atoms with Gasteiger partial charge in [0.1, 0.15) is 11.4 Å². The summed E-state index contributed by atoms with van der Waals surface area (Å²) in [5.74, 6) is 1.07. The fourth-order valence-electron chi connectivity index (χ4n) is 3.55. The average molecular weight is 326 g/mol. The van der Waals surface area contributed by atoms with E-state index in [-0.39, 0.29) is 11.9 Å². The molecular weight excluding hydrogens is 300 g/mol. The molecule has 1 aliphatic heterocycles. The van der Waals surface area contributed by atoms with Gasteiger partial charge in [-0.05, 0) is 25.3 Å². The highest BCUT2D eigenvalue weighted by atomic mass is 16.2. The summed E-state index contributed by atoms with van der Waals surface area (Å²) in [5.41, 5.74) is 6.28. The van der Waals surface area contributed by atoms with E-state index in [2.05, 4.69) is 16.5 Å². The summed E-state index contributed by atoms with van der Waals surface area (Å²) in [6, 6.07) is 9.91. The van der Waals surface area contributed by atoms with Crippen molar-refractivity contribution in [3.63, 3.8) is 0 Å². The Labute approximate surface area is 143 Å². The Morgan fingerprint density at radius 2 is 2.12 bits per heavy atom. The first kappa shape index (κ1) is 16.7. The molecule has 128 valence electrons. The molecule has 2 aromatic rings. The molecule has 0 saturated carbocycles. The van der Waals surface area contributed by atoms with E-state index in [4.69, 9.17) is 5.73 Å². The SMILES string of the molecule is CCc1nccn1C1CCCN(C(=O)C(C)(N)c2ccccc2)C1. The van der Waals surface area contributed by atoms with Gasteiger partial charge in [-0.1, -0.05) is 37.3 Å². The van der Waals surface area contributed by atoms with Gasteiger partial charge in [0.2, 0.25) is 5.91 Å². The lowest BCUT2D eigenvalue weighted by Gasteiger charge is -2.38. The minimum absolute atomic E-state index is 0.00318. The molecule has 2 heterocycles. The molecule has 1 saturated heterocycles. The van der Waals surface area contributed by atoms with E-state index in [1.807, 2.05) is 54.5 Å². The van der Waals surface area contributed by atoms with Crippen LogP contribution < -0.4 is 5.73 Å². The van der Waals surface area contributed by atoms with Crippen molar-refractivity contribution in [2.45, 2.75) is 44.7 Å². The maximum atomic E-state index is 13.1. The third-order valence-corrected chi connectivity index (χ3v) is 4.96. The number of rotatable bonds is 4. The lowest BCUT2D eigenvalue weighted by atomic mass is 9.90. The fourth-order valence-corrected chi connectivity index (χ4v) is 3.55. The predicted octanol–water partition coefficient (Wildman–Crippen LogP) is 2.48. The van der Waals surface area contributed by atoms with Crippen molar-refractivity contribution in [2.75, 3.05) is 13.1 Å². The zero-order chi connectivity index (χ0) is 17.2. The lowest BCUT2D eigenvalue weighted by molar-refractivity contribution is -0.138. The number of piperidine rings is 1. The number of aromatic nitrogens is 2. The van der Waals surface area contributed by atoms with Crippen molar-refractivity contribution in [3.8, 4) is 0 Å². The first-order chi connectivity index (χ1) is 11.5. The number of carbonyl (C=O) groups excluding carboxylic acids is 1. The molecule has 5 nitrogen and oxygen atoms in total. The minimum Gasteiger partial charge on any atom is -0.339 e. The van der Waals surface area contributed by atoms with E-state index in [0.717, 1.165) is 37.2 Å². The number of hydrogen-bond acceptors (Lipinski definition) is 3. The van der Waals surface area contributed by atoms with Crippen LogP contribution in [0.3, 0.4) is 0 Å². The molecule has 2 unspecified atom stereocenters. The number of benzene rings is 1. The van der Waals surface area contributed by atoms with Gasteiger partial charge in [-0.2, -0.15) is 0 Å². The summed E-state index contributed by atoms with van der Waals surface area (Å²) in [5, 5.41) is 0. The monoisotopic (exact) mass is 326 g/mol. The number of nitrogens with two attached hydrogens (primary N) is 1. The highest BCUT2D eigenvalue weighted by Crippen LogP contribution is 2.27. The number of hydrogen-bond donors (Lipinski definition) is 1. The summed E-state index contributed by atoms with van der Waals surface area (Å²) < 4.78 is 2.22. The van der Waals surface area contributed by atoms with Crippen LogP contribution >= 0.6 is 0 Å². The van der Waals surface area contributed by atoms with Crippen molar-refractivity contribution >= 4 is 5.91 Å². The zero-order valence-electron chi connectivity index (χ0n) is 14.5. The van der Waals surface area contributed by atoms with Crippen molar-refractivity contribution in [3.05, 3.63) is 54.1 Å². The largest absolute Gasteiger partial charge is 0.339 e. The van der Waals surface area contributed by atoms with Crippen molar-refractivity contribution in [1.82, 2.24) is 14.5 Å². The number of aryl methyl sites for hydroxylation is 1. The first-order valence-corrected chi connectivity index (χ1v) is 8.69. The molecule has 0 radical (unpaired) electrons. The Hall–Kier alpha value is -2.14. The Balaban J connectivity index is 1.78. The third-order valence-electron chi connectivity index (χ3n) is 4.96. The van der Waals surface area contributed by atoms with Gasteiger partial charge < -0.3 is 15.2 Å². The Kier molecular flexibility index (Phi) is 4.71. The molecule has 5 heteroatoms. The molecule has 0 aliphatic carbocycles. The van der Waals surface area contributed by atoms with Crippen LogP contribution in [0.15, 0.2) is 42.7 Å². The standard InChI is InChI=1S/C19H26N4O/c1-3-17-21-11-13-23(17)16-10-7-12-22(14-16)18(24)19(2,20)15-8-5-4-6-9-15/h4-6,8-9,11,13,16H,3,7,10,12,14,20H2,1-2H3. The van der Waals surface area contributed by atoms with E-state index in [9.17, 15) is 4.79 Å². The molecule has 0 bridgehead atoms. The maximum Gasteiger partial charge on any atom is 0.247 e. The van der Waals surface area contributed by atoms with Crippen molar-refractivity contribution in [2.24, 2.45) is 5.73 Å². The highest BCUT2D eigenvalue weighted by Gasteiger charge is 2.36. The average Bonchev–Trinajstić information content (AvgIpc) is 3.10. The van der Waals surface area contributed by atoms with E-state index in [0.29, 0.717) is 6.54 Å². The summed E-state index contributed by atoms with van der Waals surface area (Å²) in [6.07, 6.45) is 6.82. The second-order valence-corrected chi connectivity index (χ2v) is 6.72. The molecule has 2 N–H and O–H groups in total. The zero-order valence-corrected chi connectivity index (χ0v) is 14.5. The van der Waals surface area contributed by atoms with Gasteiger partial charge in [-0.25, -0.2) is 4.98 Å². The van der Waals surface area contributed by atoms with Gasteiger partial charge in [0.05, 0.1) is 6.04 Å². The molecule has 24 heavy (non-hydrogen) atoms. The van der Waals surface area contributed by atoms with Crippen LogP contribution in [0, 0.1) is 0 Å². The number of imidazole rings is 1. The van der Waals surface area contributed by atoms with Crippen LogP contribution in [0.4, 0.5) is 0 Å². The molecule has 1 aromatic heterocycles. The second-order valence-electron chi connectivity index (χ2n) is 6.72. The van der Waals surface area contributed by atoms with Gasteiger partial charge in [-0.15, -0.1) is 0 Å². The molecule has 1 amide bonds. The topological polar surface area (TPSA) is 64.2 Å². The maximum absolute atomic E-state index is 13.1. The summed E-state index contributed by atoms with van der Waals surface area (Å²) in [4.78, 5) is 19.4. The van der Waals surface area contributed by atoms with Crippen LogP contribution in [0.2, 0.25) is 0 Å². The van der Waals surface area contributed by atoms with Crippen molar-refractivity contribution in [1.29, 1.82) is 0 Å². The van der Waals surface area contributed by atoms with Gasteiger partial charge in [-0.3, -0.25) is 4.79 Å². The van der Waals surface area contributed by atoms with E-state index in [1.165, 1.54) is 0 Å². The fraction of sp³-hybridized carbons (Fsp3) is 0.474. The van der Waals surface area contributed by atoms with Crippen LogP contribution in [-0.4, -0.2) is 33.4 Å². The van der Waals surface area contributed by atoms with Crippen LogP contribution in [0.1, 0.15) is 44.1 Å². The smallest absolute Gasteiger partial charge is 0.247 e. The highest BCUT2D eigenvalue weighted by molar-refractivity contribution is 5.87. The molecule has 2 atom stereocenters. The van der Waals surface area contributed by atoms with Gasteiger partial charge in [0, 0.05) is 31.9 Å². The van der Waals surface area contributed by atoms with E-state index >= 15 is 0 Å². The summed E-state index contributed by atoms with van der Waals surface area (Å²) in [6.45, 7) is 5.38. The number of likely N-dealkylation sites (tertiary alicyclic amines) is 1. The van der Waals surface area contributed by atoms with Gasteiger partial charge in [0.25, 0.3) is 0 Å². The van der Waals surface area contributed by atoms with Gasteiger partial charge in [0.15, 0.2) is 0 Å². The number of carbonyl (C=O) groups is 1. The molecule has 1 aliphatic rings. The normalized spacial score (nSPS) is 20.6. The van der Waals surface area contributed by atoms with Crippen molar-refractivity contribution < 1.29 is 4.79 Å². The Morgan fingerprint density at radius 1 is 1.38 bits per heavy atom.